The van der Waals surface area contributed by atoms with Crippen LogP contribution in [0.3, 0.4) is 0 Å². The van der Waals surface area contributed by atoms with Gasteiger partial charge in [0.25, 0.3) is 0 Å². The number of nitrogen functional groups attached to an aromatic ring is 1. The molecule has 118 valence electrons. The monoisotopic (exact) mass is 293 g/mol. The lowest BCUT2D eigenvalue weighted by molar-refractivity contribution is -0.0342. The van der Waals surface area contributed by atoms with Gasteiger partial charge in [0.1, 0.15) is 11.9 Å². The fourth-order valence-electron chi connectivity index (χ4n) is 2.64. The summed E-state index contributed by atoms with van der Waals surface area (Å²) in [6, 6.07) is 1.91. The first kappa shape index (κ1) is 16.1. The van der Waals surface area contributed by atoms with Crippen LogP contribution >= 0.6 is 0 Å². The molecule has 2 heterocycles. The molecule has 1 saturated heterocycles. The standard InChI is InChI=1S/C15H27N5O/c1-4-5-20-6-7-21-13(10-20)15-17-12(8-11(2)3)9-14(18-15)19-16/h9,11,13H,4-8,10,16H2,1-3H3,(H,17,18,19). The predicted molar refractivity (Wildman–Crippen MR) is 83.8 cm³/mol. The number of anilines is 1. The van der Waals surface area contributed by atoms with Gasteiger partial charge < -0.3 is 10.2 Å². The van der Waals surface area contributed by atoms with Gasteiger partial charge in [-0.25, -0.2) is 15.8 Å². The van der Waals surface area contributed by atoms with Gasteiger partial charge in [0, 0.05) is 24.8 Å². The zero-order valence-electron chi connectivity index (χ0n) is 13.3. The van der Waals surface area contributed by atoms with E-state index in [1.54, 1.807) is 0 Å². The van der Waals surface area contributed by atoms with Crippen molar-refractivity contribution in [1.29, 1.82) is 0 Å². The van der Waals surface area contributed by atoms with Crippen molar-refractivity contribution in [2.75, 3.05) is 31.7 Å². The van der Waals surface area contributed by atoms with E-state index < -0.39 is 0 Å². The molecule has 0 spiro atoms. The van der Waals surface area contributed by atoms with Crippen molar-refractivity contribution in [3.8, 4) is 0 Å². The van der Waals surface area contributed by atoms with Crippen molar-refractivity contribution in [2.24, 2.45) is 11.8 Å². The molecule has 1 aromatic heterocycles. The van der Waals surface area contributed by atoms with E-state index in [4.69, 9.17) is 10.6 Å². The Balaban J connectivity index is 2.17. The number of aromatic nitrogens is 2. The van der Waals surface area contributed by atoms with Gasteiger partial charge in [-0.2, -0.15) is 0 Å². The number of rotatable bonds is 6. The third-order valence-electron chi connectivity index (χ3n) is 3.54. The number of morpholine rings is 1. The Hall–Kier alpha value is -1.24. The summed E-state index contributed by atoms with van der Waals surface area (Å²) >= 11 is 0. The predicted octanol–water partition coefficient (Wildman–Crippen LogP) is 1.74. The number of hydrogen-bond acceptors (Lipinski definition) is 6. The van der Waals surface area contributed by atoms with E-state index in [0.717, 1.165) is 50.6 Å². The third kappa shape index (κ3) is 4.62. The highest BCUT2D eigenvalue weighted by molar-refractivity contribution is 5.35. The second kappa shape index (κ2) is 7.68. The summed E-state index contributed by atoms with van der Waals surface area (Å²) in [5.74, 6) is 7.47. The molecule has 0 bridgehead atoms. The zero-order chi connectivity index (χ0) is 15.2. The molecule has 6 nitrogen and oxygen atoms in total. The van der Waals surface area contributed by atoms with Gasteiger partial charge in [-0.15, -0.1) is 0 Å². The number of hydrazine groups is 1. The van der Waals surface area contributed by atoms with Gasteiger partial charge in [0.05, 0.1) is 6.61 Å². The van der Waals surface area contributed by atoms with Crippen molar-refractivity contribution < 1.29 is 4.74 Å². The Morgan fingerprint density at radius 1 is 1.48 bits per heavy atom. The molecule has 1 atom stereocenters. The normalized spacial score (nSPS) is 20.0. The van der Waals surface area contributed by atoms with Crippen molar-refractivity contribution in [3.63, 3.8) is 0 Å². The smallest absolute Gasteiger partial charge is 0.161 e. The number of nitrogens with one attached hydrogen (secondary N) is 1. The van der Waals surface area contributed by atoms with E-state index in [1.165, 1.54) is 0 Å². The average molecular weight is 293 g/mol. The summed E-state index contributed by atoms with van der Waals surface area (Å²) < 4.78 is 5.86. The van der Waals surface area contributed by atoms with E-state index in [-0.39, 0.29) is 6.10 Å². The van der Waals surface area contributed by atoms with Crippen LogP contribution in [-0.4, -0.2) is 41.1 Å². The van der Waals surface area contributed by atoms with Crippen LogP contribution in [0.5, 0.6) is 0 Å². The van der Waals surface area contributed by atoms with Crippen LogP contribution < -0.4 is 11.3 Å². The maximum absolute atomic E-state index is 5.86. The van der Waals surface area contributed by atoms with Crippen molar-refractivity contribution in [1.82, 2.24) is 14.9 Å². The van der Waals surface area contributed by atoms with E-state index in [1.807, 2.05) is 6.07 Å². The molecular formula is C15H27N5O. The molecule has 0 amide bonds. The van der Waals surface area contributed by atoms with Crippen LogP contribution in [0, 0.1) is 5.92 Å². The Bertz CT molecular complexity index is 450. The molecule has 6 heteroatoms. The van der Waals surface area contributed by atoms with Crippen LogP contribution in [0.2, 0.25) is 0 Å². The lowest BCUT2D eigenvalue weighted by Gasteiger charge is -2.32. The topological polar surface area (TPSA) is 76.3 Å². The molecule has 0 radical (unpaired) electrons. The molecule has 1 aliphatic heterocycles. The summed E-state index contributed by atoms with van der Waals surface area (Å²) in [6.07, 6.45) is 2.00. The van der Waals surface area contributed by atoms with E-state index >= 15 is 0 Å². The van der Waals surface area contributed by atoms with Crippen molar-refractivity contribution >= 4 is 5.82 Å². The highest BCUT2D eigenvalue weighted by atomic mass is 16.5. The quantitative estimate of drug-likeness (QED) is 0.614. The molecule has 1 unspecified atom stereocenters. The van der Waals surface area contributed by atoms with Crippen LogP contribution in [0.4, 0.5) is 5.82 Å². The van der Waals surface area contributed by atoms with E-state index in [2.05, 4.69) is 41.1 Å². The second-order valence-corrected chi connectivity index (χ2v) is 6.01. The highest BCUT2D eigenvalue weighted by Crippen LogP contribution is 2.22. The highest BCUT2D eigenvalue weighted by Gasteiger charge is 2.24. The zero-order valence-corrected chi connectivity index (χ0v) is 13.3. The molecule has 0 aliphatic carbocycles. The van der Waals surface area contributed by atoms with E-state index in [0.29, 0.717) is 11.7 Å². The lowest BCUT2D eigenvalue weighted by Crippen LogP contribution is -2.39. The first-order valence-electron chi connectivity index (χ1n) is 7.80. The van der Waals surface area contributed by atoms with Gasteiger partial charge in [0.15, 0.2) is 5.82 Å². The third-order valence-corrected chi connectivity index (χ3v) is 3.54. The molecule has 21 heavy (non-hydrogen) atoms. The van der Waals surface area contributed by atoms with Crippen LogP contribution in [-0.2, 0) is 11.2 Å². The largest absolute Gasteiger partial charge is 0.368 e. The Labute approximate surface area is 127 Å². The molecular weight excluding hydrogens is 266 g/mol. The van der Waals surface area contributed by atoms with Gasteiger partial charge in [-0.1, -0.05) is 20.8 Å². The fourth-order valence-corrected chi connectivity index (χ4v) is 2.64. The summed E-state index contributed by atoms with van der Waals surface area (Å²) in [6.45, 7) is 10.2. The summed E-state index contributed by atoms with van der Waals surface area (Å²) in [7, 11) is 0. The average Bonchev–Trinajstić information content (AvgIpc) is 2.47. The van der Waals surface area contributed by atoms with Crippen LogP contribution in [0.15, 0.2) is 6.07 Å². The number of nitrogens with zero attached hydrogens (tertiary/aromatic N) is 3. The van der Waals surface area contributed by atoms with Crippen molar-refractivity contribution in [2.45, 2.75) is 39.7 Å². The molecule has 3 N–H and O–H groups in total. The SMILES string of the molecule is CCCN1CCOC(c2nc(CC(C)C)cc(NN)n2)C1. The summed E-state index contributed by atoms with van der Waals surface area (Å²) in [5, 5.41) is 0. The minimum atomic E-state index is -0.0653. The summed E-state index contributed by atoms with van der Waals surface area (Å²) in [4.78, 5) is 11.6. The first-order valence-corrected chi connectivity index (χ1v) is 7.80. The number of hydrogen-bond donors (Lipinski definition) is 2. The number of ether oxygens (including phenoxy) is 1. The lowest BCUT2D eigenvalue weighted by atomic mass is 10.1. The molecule has 0 saturated carbocycles. The minimum Gasteiger partial charge on any atom is -0.368 e. The maximum Gasteiger partial charge on any atom is 0.161 e. The minimum absolute atomic E-state index is 0.0653. The number of nitrogens with two attached hydrogens (primary N) is 1. The van der Waals surface area contributed by atoms with Gasteiger partial charge in [-0.3, -0.25) is 4.90 Å². The molecule has 1 fully saturated rings. The molecule has 1 aliphatic rings. The van der Waals surface area contributed by atoms with Crippen LogP contribution in [0.1, 0.15) is 44.8 Å². The Morgan fingerprint density at radius 3 is 2.95 bits per heavy atom. The van der Waals surface area contributed by atoms with Crippen LogP contribution in [0.25, 0.3) is 0 Å². The maximum atomic E-state index is 5.86. The van der Waals surface area contributed by atoms with Gasteiger partial charge in [-0.05, 0) is 25.3 Å². The van der Waals surface area contributed by atoms with E-state index in [9.17, 15) is 0 Å². The molecule has 2 rings (SSSR count). The Morgan fingerprint density at radius 2 is 2.29 bits per heavy atom. The molecule has 1 aromatic rings. The first-order chi connectivity index (χ1) is 10.1. The Kier molecular flexibility index (Phi) is 5.90. The van der Waals surface area contributed by atoms with Crippen molar-refractivity contribution in [3.05, 3.63) is 17.6 Å². The second-order valence-electron chi connectivity index (χ2n) is 6.01. The van der Waals surface area contributed by atoms with Gasteiger partial charge in [0.2, 0.25) is 0 Å². The van der Waals surface area contributed by atoms with Gasteiger partial charge >= 0.3 is 0 Å². The molecule has 0 aromatic carbocycles. The fraction of sp³-hybridized carbons (Fsp3) is 0.733. The summed E-state index contributed by atoms with van der Waals surface area (Å²) in [5.41, 5.74) is 3.65.